The van der Waals surface area contributed by atoms with E-state index in [1.807, 2.05) is 6.07 Å². The maximum atomic E-state index is 11.2. The third kappa shape index (κ3) is 3.20. The van der Waals surface area contributed by atoms with Gasteiger partial charge in [-0.05, 0) is 18.2 Å². The Balaban J connectivity index is 2.81. The SMILES string of the molecule is COC(=O)CC(CN)c1ccnc(OC)c1. The summed E-state index contributed by atoms with van der Waals surface area (Å²) in [6.07, 6.45) is 1.90. The van der Waals surface area contributed by atoms with E-state index in [4.69, 9.17) is 10.5 Å². The lowest BCUT2D eigenvalue weighted by atomic mass is 9.97. The van der Waals surface area contributed by atoms with E-state index in [9.17, 15) is 4.79 Å². The molecule has 0 aliphatic carbocycles. The molecule has 0 spiro atoms. The third-order valence-electron chi connectivity index (χ3n) is 2.36. The van der Waals surface area contributed by atoms with Gasteiger partial charge in [0.2, 0.25) is 5.88 Å². The summed E-state index contributed by atoms with van der Waals surface area (Å²) in [5, 5.41) is 0. The summed E-state index contributed by atoms with van der Waals surface area (Å²) in [6, 6.07) is 3.60. The summed E-state index contributed by atoms with van der Waals surface area (Å²) in [4.78, 5) is 15.2. The van der Waals surface area contributed by atoms with Gasteiger partial charge < -0.3 is 15.2 Å². The predicted molar refractivity (Wildman–Crippen MR) is 59.2 cm³/mol. The zero-order valence-electron chi connectivity index (χ0n) is 9.47. The van der Waals surface area contributed by atoms with Crippen molar-refractivity contribution in [3.8, 4) is 5.88 Å². The molecule has 1 aromatic rings. The van der Waals surface area contributed by atoms with Crippen LogP contribution in [0.3, 0.4) is 0 Å². The van der Waals surface area contributed by atoms with Gasteiger partial charge in [0, 0.05) is 18.2 Å². The molecule has 1 aromatic heterocycles. The number of rotatable bonds is 5. The smallest absolute Gasteiger partial charge is 0.306 e. The summed E-state index contributed by atoms with van der Waals surface area (Å²) in [7, 11) is 2.91. The summed E-state index contributed by atoms with van der Waals surface area (Å²) in [5.74, 6) is 0.177. The van der Waals surface area contributed by atoms with Crippen LogP contribution in [-0.4, -0.2) is 31.7 Å². The van der Waals surface area contributed by atoms with E-state index < -0.39 is 0 Å². The van der Waals surface area contributed by atoms with E-state index in [2.05, 4.69) is 9.72 Å². The van der Waals surface area contributed by atoms with Crippen LogP contribution in [-0.2, 0) is 9.53 Å². The van der Waals surface area contributed by atoms with Gasteiger partial charge in [-0.1, -0.05) is 0 Å². The fourth-order valence-electron chi connectivity index (χ4n) is 1.41. The number of nitrogens with two attached hydrogens (primary N) is 1. The molecule has 88 valence electrons. The molecule has 0 radical (unpaired) electrons. The van der Waals surface area contributed by atoms with Gasteiger partial charge in [0.05, 0.1) is 20.6 Å². The van der Waals surface area contributed by atoms with Gasteiger partial charge in [-0.25, -0.2) is 4.98 Å². The van der Waals surface area contributed by atoms with Gasteiger partial charge in [-0.3, -0.25) is 4.79 Å². The fraction of sp³-hybridized carbons (Fsp3) is 0.455. The van der Waals surface area contributed by atoms with Crippen LogP contribution in [0, 0.1) is 0 Å². The van der Waals surface area contributed by atoms with E-state index in [1.54, 1.807) is 19.4 Å². The average Bonchev–Trinajstić information content (AvgIpc) is 2.35. The van der Waals surface area contributed by atoms with E-state index in [-0.39, 0.29) is 18.3 Å². The molecule has 5 heteroatoms. The summed E-state index contributed by atoms with van der Waals surface area (Å²) >= 11 is 0. The monoisotopic (exact) mass is 224 g/mol. The molecule has 1 atom stereocenters. The number of hydrogen-bond donors (Lipinski definition) is 1. The first-order valence-corrected chi connectivity index (χ1v) is 4.98. The van der Waals surface area contributed by atoms with Crippen molar-refractivity contribution in [1.29, 1.82) is 0 Å². The molecule has 1 heterocycles. The number of nitrogens with zero attached hydrogens (tertiary/aromatic N) is 1. The van der Waals surface area contributed by atoms with Gasteiger partial charge in [-0.2, -0.15) is 0 Å². The third-order valence-corrected chi connectivity index (χ3v) is 2.36. The molecule has 0 bridgehead atoms. The van der Waals surface area contributed by atoms with Gasteiger partial charge in [0.25, 0.3) is 0 Å². The zero-order valence-corrected chi connectivity index (χ0v) is 9.47. The zero-order chi connectivity index (χ0) is 12.0. The largest absolute Gasteiger partial charge is 0.481 e. The van der Waals surface area contributed by atoms with Crippen LogP contribution < -0.4 is 10.5 Å². The number of ether oxygens (including phenoxy) is 2. The molecule has 1 unspecified atom stereocenters. The molecule has 0 saturated heterocycles. The number of esters is 1. The average molecular weight is 224 g/mol. The minimum absolute atomic E-state index is 0.0654. The highest BCUT2D eigenvalue weighted by atomic mass is 16.5. The van der Waals surface area contributed by atoms with Crippen LogP contribution in [0.25, 0.3) is 0 Å². The number of methoxy groups -OCH3 is 2. The lowest BCUT2D eigenvalue weighted by molar-refractivity contribution is -0.141. The van der Waals surface area contributed by atoms with Crippen LogP contribution in [0.15, 0.2) is 18.3 Å². The molecule has 0 aliphatic rings. The molecular formula is C11H16N2O3. The van der Waals surface area contributed by atoms with Gasteiger partial charge in [-0.15, -0.1) is 0 Å². The maximum absolute atomic E-state index is 11.2. The molecule has 0 saturated carbocycles. The molecular weight excluding hydrogens is 208 g/mol. The highest BCUT2D eigenvalue weighted by Crippen LogP contribution is 2.21. The molecule has 0 amide bonds. The Hall–Kier alpha value is -1.62. The van der Waals surface area contributed by atoms with Crippen molar-refractivity contribution in [2.24, 2.45) is 5.73 Å². The summed E-state index contributed by atoms with van der Waals surface area (Å²) < 4.78 is 9.63. The van der Waals surface area contributed by atoms with Gasteiger partial charge in [0.15, 0.2) is 0 Å². The Morgan fingerprint density at radius 1 is 1.56 bits per heavy atom. The second kappa shape index (κ2) is 6.07. The second-order valence-corrected chi connectivity index (χ2v) is 3.34. The number of pyridine rings is 1. The molecule has 5 nitrogen and oxygen atoms in total. The molecule has 16 heavy (non-hydrogen) atoms. The van der Waals surface area contributed by atoms with Crippen molar-refractivity contribution in [1.82, 2.24) is 4.98 Å². The number of aromatic nitrogens is 1. The quantitative estimate of drug-likeness (QED) is 0.745. The molecule has 1 rings (SSSR count). The highest BCUT2D eigenvalue weighted by Gasteiger charge is 2.15. The van der Waals surface area contributed by atoms with Gasteiger partial charge in [0.1, 0.15) is 0 Å². The number of carbonyl (C=O) groups is 1. The lowest BCUT2D eigenvalue weighted by Crippen LogP contribution is -2.17. The van der Waals surface area contributed by atoms with Crippen molar-refractivity contribution >= 4 is 5.97 Å². The molecule has 0 aromatic carbocycles. The lowest BCUT2D eigenvalue weighted by Gasteiger charge is -2.14. The first kappa shape index (κ1) is 12.4. The minimum atomic E-state index is -0.272. The van der Waals surface area contributed by atoms with E-state index in [0.717, 1.165) is 5.56 Å². The topological polar surface area (TPSA) is 74.4 Å². The van der Waals surface area contributed by atoms with Crippen molar-refractivity contribution in [2.75, 3.05) is 20.8 Å². The van der Waals surface area contributed by atoms with Gasteiger partial charge >= 0.3 is 5.97 Å². The first-order valence-electron chi connectivity index (χ1n) is 4.98. The van der Waals surface area contributed by atoms with Crippen LogP contribution >= 0.6 is 0 Å². The Morgan fingerprint density at radius 3 is 2.88 bits per heavy atom. The Kier molecular flexibility index (Phi) is 4.72. The number of hydrogen-bond acceptors (Lipinski definition) is 5. The Bertz CT molecular complexity index is 355. The standard InChI is InChI=1S/C11H16N2O3/c1-15-10-5-8(3-4-13-10)9(7-12)6-11(14)16-2/h3-5,9H,6-7,12H2,1-2H3. The van der Waals surface area contributed by atoms with Crippen LogP contribution in [0.5, 0.6) is 5.88 Å². The second-order valence-electron chi connectivity index (χ2n) is 3.34. The Morgan fingerprint density at radius 2 is 2.31 bits per heavy atom. The van der Waals surface area contributed by atoms with E-state index >= 15 is 0 Å². The normalized spacial score (nSPS) is 11.9. The Labute approximate surface area is 94.6 Å². The van der Waals surface area contributed by atoms with Crippen LogP contribution in [0.4, 0.5) is 0 Å². The van der Waals surface area contributed by atoms with Crippen molar-refractivity contribution in [3.05, 3.63) is 23.9 Å². The fourth-order valence-corrected chi connectivity index (χ4v) is 1.41. The van der Waals surface area contributed by atoms with Crippen molar-refractivity contribution in [2.45, 2.75) is 12.3 Å². The summed E-state index contributed by atoms with van der Waals surface area (Å²) in [5.41, 5.74) is 6.56. The van der Waals surface area contributed by atoms with E-state index in [0.29, 0.717) is 12.4 Å². The van der Waals surface area contributed by atoms with Crippen molar-refractivity contribution < 1.29 is 14.3 Å². The first-order chi connectivity index (χ1) is 7.71. The van der Waals surface area contributed by atoms with Crippen molar-refractivity contribution in [3.63, 3.8) is 0 Å². The maximum Gasteiger partial charge on any atom is 0.306 e. The van der Waals surface area contributed by atoms with Crippen LogP contribution in [0.1, 0.15) is 17.9 Å². The van der Waals surface area contributed by atoms with Crippen LogP contribution in [0.2, 0.25) is 0 Å². The number of carbonyl (C=O) groups excluding carboxylic acids is 1. The molecule has 0 fully saturated rings. The highest BCUT2D eigenvalue weighted by molar-refractivity contribution is 5.70. The molecule has 2 N–H and O–H groups in total. The predicted octanol–water partition coefficient (Wildman–Crippen LogP) is 0.696. The van der Waals surface area contributed by atoms with E-state index in [1.165, 1.54) is 7.11 Å². The summed E-state index contributed by atoms with van der Waals surface area (Å²) in [6.45, 7) is 0.377. The minimum Gasteiger partial charge on any atom is -0.481 e. The molecule has 0 aliphatic heterocycles.